The summed E-state index contributed by atoms with van der Waals surface area (Å²) in [6.45, 7) is 9.59. The Morgan fingerprint density at radius 1 is 0.972 bits per heavy atom. The Kier molecular flexibility index (Phi) is 5.90. The minimum absolute atomic E-state index is 0.0391. The number of ketones is 1. The molecule has 0 amide bonds. The maximum atomic E-state index is 14.1. The molecule has 3 fully saturated rings. The minimum atomic E-state index is -0.951. The summed E-state index contributed by atoms with van der Waals surface area (Å²) in [4.78, 5) is 39.6. The molecular formula is C29H34O7. The maximum Gasteiger partial charge on any atom is 0.338 e. The van der Waals surface area contributed by atoms with Crippen molar-refractivity contribution in [2.45, 2.75) is 77.3 Å². The van der Waals surface area contributed by atoms with E-state index in [1.54, 1.807) is 30.3 Å². The van der Waals surface area contributed by atoms with Gasteiger partial charge in [0, 0.05) is 12.3 Å². The van der Waals surface area contributed by atoms with Gasteiger partial charge in [0.25, 0.3) is 0 Å². The summed E-state index contributed by atoms with van der Waals surface area (Å²) in [5.41, 5.74) is -1.29. The average molecular weight is 495 g/mol. The molecule has 2 heterocycles. The largest absolute Gasteiger partial charge is 0.472 e. The molecule has 0 radical (unpaired) electrons. The smallest absolute Gasteiger partial charge is 0.338 e. The first-order chi connectivity index (χ1) is 17.0. The molecule has 2 saturated carbocycles. The number of furan rings is 1. The molecule has 7 atom stereocenters. The van der Waals surface area contributed by atoms with Crippen LogP contribution in [0.15, 0.2) is 53.3 Å². The molecule has 1 aromatic carbocycles. The predicted octanol–water partition coefficient (Wildman–Crippen LogP) is 5.24. The molecule has 1 spiro atoms. The van der Waals surface area contributed by atoms with Crippen LogP contribution in [0.2, 0.25) is 0 Å². The molecule has 3 aliphatic rings. The first-order valence-corrected chi connectivity index (χ1v) is 12.7. The van der Waals surface area contributed by atoms with Crippen LogP contribution >= 0.6 is 0 Å². The van der Waals surface area contributed by atoms with Crippen molar-refractivity contribution in [3.63, 3.8) is 0 Å². The van der Waals surface area contributed by atoms with Crippen LogP contribution in [0, 0.1) is 23.2 Å². The molecule has 1 aliphatic heterocycles. The molecule has 0 unspecified atom stereocenters. The molecule has 192 valence electrons. The van der Waals surface area contributed by atoms with Crippen molar-refractivity contribution >= 4 is 17.7 Å². The van der Waals surface area contributed by atoms with E-state index >= 15 is 0 Å². The van der Waals surface area contributed by atoms with E-state index in [2.05, 4.69) is 20.8 Å². The zero-order chi connectivity index (χ0) is 25.9. The van der Waals surface area contributed by atoms with Gasteiger partial charge in [0.1, 0.15) is 18.5 Å². The number of carbonyl (C=O) groups is 3. The highest BCUT2D eigenvalue weighted by molar-refractivity contribution is 5.99. The van der Waals surface area contributed by atoms with Crippen molar-refractivity contribution in [2.75, 3.05) is 0 Å². The first kappa shape index (κ1) is 24.8. The Morgan fingerprint density at radius 3 is 2.33 bits per heavy atom. The SMILES string of the molecule is CC(=O)O[C@@H]1C[C@@H](C)[C@@]23C[C@@H](C[C@H](OC(=O)c4ccccc4)[C@]2(C)[C@H]1C(=O)c1ccoc1)C(C)(C)O3. The van der Waals surface area contributed by atoms with Crippen LogP contribution in [0.25, 0.3) is 0 Å². The van der Waals surface area contributed by atoms with Crippen molar-refractivity contribution in [3.05, 3.63) is 60.1 Å². The quantitative estimate of drug-likeness (QED) is 0.415. The van der Waals surface area contributed by atoms with Gasteiger partial charge in [-0.05, 0) is 63.1 Å². The van der Waals surface area contributed by atoms with Gasteiger partial charge in [-0.25, -0.2) is 4.79 Å². The highest BCUT2D eigenvalue weighted by Crippen LogP contribution is 2.68. The lowest BCUT2D eigenvalue weighted by atomic mass is 9.46. The molecule has 2 aromatic rings. The summed E-state index contributed by atoms with van der Waals surface area (Å²) in [5, 5.41) is 0. The number of esters is 2. The second-order valence-corrected chi connectivity index (χ2v) is 11.4. The topological polar surface area (TPSA) is 92.0 Å². The number of Topliss-reactive ketones (excluding diaryl/α,β-unsaturated/α-hetero) is 1. The lowest BCUT2D eigenvalue weighted by molar-refractivity contribution is -0.253. The van der Waals surface area contributed by atoms with Crippen molar-refractivity contribution in [1.82, 2.24) is 0 Å². The molecule has 1 saturated heterocycles. The van der Waals surface area contributed by atoms with Crippen LogP contribution in [0.4, 0.5) is 0 Å². The third kappa shape index (κ3) is 3.62. The number of fused-ring (bicyclic) bond motifs is 1. The molecular weight excluding hydrogens is 460 g/mol. The fourth-order valence-electron chi connectivity index (χ4n) is 7.33. The van der Waals surface area contributed by atoms with Crippen LogP contribution in [-0.2, 0) is 19.0 Å². The first-order valence-electron chi connectivity index (χ1n) is 12.7. The zero-order valence-corrected chi connectivity index (χ0v) is 21.5. The lowest BCUT2D eigenvalue weighted by Gasteiger charge is -2.61. The number of ether oxygens (including phenoxy) is 3. The maximum absolute atomic E-state index is 14.1. The van der Waals surface area contributed by atoms with Gasteiger partial charge in [-0.15, -0.1) is 0 Å². The van der Waals surface area contributed by atoms with Crippen molar-refractivity contribution in [3.8, 4) is 0 Å². The van der Waals surface area contributed by atoms with E-state index in [9.17, 15) is 14.4 Å². The zero-order valence-electron chi connectivity index (χ0n) is 21.5. The summed E-state index contributed by atoms with van der Waals surface area (Å²) < 4.78 is 24.3. The van der Waals surface area contributed by atoms with Crippen LogP contribution in [0.5, 0.6) is 0 Å². The monoisotopic (exact) mass is 494 g/mol. The van der Waals surface area contributed by atoms with Gasteiger partial charge in [0.2, 0.25) is 0 Å². The van der Waals surface area contributed by atoms with Crippen molar-refractivity contribution in [2.24, 2.45) is 23.2 Å². The number of rotatable bonds is 5. The van der Waals surface area contributed by atoms with Gasteiger partial charge in [-0.1, -0.05) is 32.0 Å². The van der Waals surface area contributed by atoms with E-state index in [1.807, 2.05) is 13.0 Å². The van der Waals surface area contributed by atoms with E-state index in [-0.39, 0.29) is 17.6 Å². The van der Waals surface area contributed by atoms with E-state index < -0.39 is 46.7 Å². The molecule has 7 nitrogen and oxygen atoms in total. The molecule has 1 aromatic heterocycles. The van der Waals surface area contributed by atoms with E-state index in [4.69, 9.17) is 18.6 Å². The number of hydrogen-bond donors (Lipinski definition) is 0. The Labute approximate surface area is 211 Å². The van der Waals surface area contributed by atoms with Gasteiger partial charge in [-0.2, -0.15) is 0 Å². The van der Waals surface area contributed by atoms with E-state index in [0.29, 0.717) is 24.0 Å². The van der Waals surface area contributed by atoms with Gasteiger partial charge >= 0.3 is 11.9 Å². The highest BCUT2D eigenvalue weighted by atomic mass is 16.6. The summed E-state index contributed by atoms with van der Waals surface area (Å²) in [5.74, 6) is -1.75. The van der Waals surface area contributed by atoms with Crippen LogP contribution in [-0.4, -0.2) is 41.1 Å². The summed E-state index contributed by atoms with van der Waals surface area (Å²) in [6.07, 6.45) is 3.35. The van der Waals surface area contributed by atoms with Crippen LogP contribution < -0.4 is 0 Å². The molecule has 7 heteroatoms. The van der Waals surface area contributed by atoms with Crippen molar-refractivity contribution in [1.29, 1.82) is 0 Å². The Balaban J connectivity index is 1.65. The van der Waals surface area contributed by atoms with E-state index in [0.717, 1.165) is 6.42 Å². The number of hydrogen-bond acceptors (Lipinski definition) is 7. The summed E-state index contributed by atoms with van der Waals surface area (Å²) in [6, 6.07) is 10.5. The molecule has 36 heavy (non-hydrogen) atoms. The molecule has 5 rings (SSSR count). The lowest BCUT2D eigenvalue weighted by Crippen LogP contribution is -2.70. The summed E-state index contributed by atoms with van der Waals surface area (Å²) >= 11 is 0. The third-order valence-corrected chi connectivity index (χ3v) is 9.12. The average Bonchev–Trinajstić information content (AvgIpc) is 3.43. The van der Waals surface area contributed by atoms with Crippen LogP contribution in [0.1, 0.15) is 74.6 Å². The third-order valence-electron chi connectivity index (χ3n) is 9.12. The standard InChI is InChI=1S/C29H34O7/c1-17-13-22(34-18(2)30)24(25(31)20-11-12-33-16-20)28(5)23(35-26(32)19-9-7-6-8-10-19)14-21-15-29(17,28)36-27(21,3)4/h6-12,16-17,21-24H,13-15H2,1-5H3/t17-,21-,22-,23+,24-,28-,29+/m1/s1. The fraction of sp³-hybridized carbons (Fsp3) is 0.552. The van der Waals surface area contributed by atoms with E-state index in [1.165, 1.54) is 19.5 Å². The van der Waals surface area contributed by atoms with Crippen LogP contribution in [0.3, 0.4) is 0 Å². The predicted molar refractivity (Wildman–Crippen MR) is 130 cm³/mol. The molecule has 2 bridgehead atoms. The molecule has 0 N–H and O–H groups in total. The highest BCUT2D eigenvalue weighted by Gasteiger charge is 2.75. The fourth-order valence-corrected chi connectivity index (χ4v) is 7.33. The summed E-state index contributed by atoms with van der Waals surface area (Å²) in [7, 11) is 0. The molecule has 2 aliphatic carbocycles. The second-order valence-electron chi connectivity index (χ2n) is 11.4. The normalized spacial score (nSPS) is 36.5. The number of carbonyl (C=O) groups excluding carboxylic acids is 3. The Hall–Kier alpha value is -2.93. The minimum Gasteiger partial charge on any atom is -0.472 e. The van der Waals surface area contributed by atoms with Gasteiger partial charge in [0.15, 0.2) is 5.78 Å². The van der Waals surface area contributed by atoms with Gasteiger partial charge in [0.05, 0.1) is 34.5 Å². The van der Waals surface area contributed by atoms with Gasteiger partial charge in [-0.3, -0.25) is 9.59 Å². The second kappa shape index (κ2) is 8.58. The Morgan fingerprint density at radius 2 is 1.69 bits per heavy atom. The Bertz CT molecular complexity index is 1150. The van der Waals surface area contributed by atoms with Crippen molar-refractivity contribution < 1.29 is 33.0 Å². The van der Waals surface area contributed by atoms with Gasteiger partial charge < -0.3 is 18.6 Å². The number of benzene rings is 1.